The van der Waals surface area contributed by atoms with E-state index in [1.165, 1.54) is 17.4 Å². The minimum absolute atomic E-state index is 0.298. The summed E-state index contributed by atoms with van der Waals surface area (Å²) in [5.41, 5.74) is 0. The summed E-state index contributed by atoms with van der Waals surface area (Å²) in [4.78, 5) is 29.8. The number of amides is 2. The Morgan fingerprint density at radius 2 is 2.21 bits per heavy atom. The van der Waals surface area contributed by atoms with Crippen molar-refractivity contribution in [3.05, 3.63) is 6.33 Å². The number of carbonyl (C=O) groups is 2. The predicted octanol–water partition coefficient (Wildman–Crippen LogP) is -0.380. The molecule has 3 aliphatic rings. The maximum Gasteiger partial charge on any atom is 0.316 e. The van der Waals surface area contributed by atoms with Crippen LogP contribution in [0.4, 0.5) is 5.95 Å². The number of rotatable bonds is 1. The number of likely N-dealkylation sites (tertiary alicyclic amines) is 1. The summed E-state index contributed by atoms with van der Waals surface area (Å²) < 4.78 is 1.43. The molecule has 2 aliphatic carbocycles. The van der Waals surface area contributed by atoms with E-state index in [9.17, 15) is 9.59 Å². The van der Waals surface area contributed by atoms with Gasteiger partial charge in [-0.05, 0) is 30.6 Å². The van der Waals surface area contributed by atoms with Crippen LogP contribution in [0, 0.1) is 17.8 Å². The van der Waals surface area contributed by atoms with Crippen molar-refractivity contribution in [2.24, 2.45) is 24.8 Å². The van der Waals surface area contributed by atoms with Crippen molar-refractivity contribution in [3.8, 4) is 0 Å². The first-order valence-corrected chi connectivity index (χ1v) is 6.61. The fourth-order valence-electron chi connectivity index (χ4n) is 3.76. The zero-order valence-corrected chi connectivity index (χ0v) is 10.6. The highest BCUT2D eigenvalue weighted by Gasteiger charge is 2.61. The molecule has 1 saturated heterocycles. The van der Waals surface area contributed by atoms with Crippen LogP contribution >= 0.6 is 0 Å². The van der Waals surface area contributed by atoms with Crippen LogP contribution in [0.2, 0.25) is 0 Å². The van der Waals surface area contributed by atoms with Crippen molar-refractivity contribution in [1.29, 1.82) is 0 Å². The molecule has 2 amide bonds. The molecule has 1 aromatic heterocycles. The van der Waals surface area contributed by atoms with Gasteiger partial charge in [0.15, 0.2) is 0 Å². The van der Waals surface area contributed by atoms with E-state index >= 15 is 0 Å². The number of fused-ring (bicyclic) bond motifs is 5. The lowest BCUT2D eigenvalue weighted by atomic mass is 10.1. The molecule has 7 nitrogen and oxygen atoms in total. The van der Waals surface area contributed by atoms with E-state index in [1.807, 2.05) is 0 Å². The van der Waals surface area contributed by atoms with Gasteiger partial charge < -0.3 is 4.90 Å². The molecule has 0 spiro atoms. The van der Waals surface area contributed by atoms with Gasteiger partial charge in [0.05, 0.1) is 0 Å². The number of carbonyl (C=O) groups excluding carboxylic acids is 2. The first-order chi connectivity index (χ1) is 9.15. The van der Waals surface area contributed by atoms with Crippen LogP contribution in [0.25, 0.3) is 0 Å². The molecule has 2 bridgehead atoms. The van der Waals surface area contributed by atoms with Gasteiger partial charge in [-0.2, -0.15) is 10.1 Å². The van der Waals surface area contributed by atoms with E-state index in [4.69, 9.17) is 0 Å². The Morgan fingerprint density at radius 3 is 2.84 bits per heavy atom. The van der Waals surface area contributed by atoms with Gasteiger partial charge in [-0.1, -0.05) is 0 Å². The summed E-state index contributed by atoms with van der Waals surface area (Å²) >= 11 is 0. The van der Waals surface area contributed by atoms with Crippen LogP contribution < -0.4 is 5.32 Å². The highest BCUT2D eigenvalue weighted by molar-refractivity contribution is 6.39. The highest BCUT2D eigenvalue weighted by atomic mass is 16.2. The standard InChI is InChI=1S/C12H15N5O2/c1-16-12(13-5-14-16)15-10(18)11(19)17-4-6-2-9(17)8-3-7(6)8/h5-9H,2-4H2,1H3,(H,13,14,15,18)/t6-,7-,8-,9-/m0/s1. The molecule has 0 aromatic carbocycles. The average Bonchev–Trinajstić information content (AvgIpc) is 2.78. The summed E-state index contributed by atoms with van der Waals surface area (Å²) in [5, 5.41) is 6.36. The molecule has 2 heterocycles. The molecule has 4 rings (SSSR count). The lowest BCUT2D eigenvalue weighted by Crippen LogP contribution is -2.45. The number of hydrogen-bond donors (Lipinski definition) is 1. The summed E-state index contributed by atoms with van der Waals surface area (Å²) in [6.07, 6.45) is 3.66. The molecule has 7 heteroatoms. The normalized spacial score (nSPS) is 34.3. The monoisotopic (exact) mass is 261 g/mol. The zero-order chi connectivity index (χ0) is 13.1. The molecule has 4 atom stereocenters. The van der Waals surface area contributed by atoms with E-state index in [0.717, 1.165) is 18.9 Å². The largest absolute Gasteiger partial charge is 0.331 e. The number of aryl methyl sites for hydroxylation is 1. The Bertz CT molecular complexity index is 568. The molecule has 1 aliphatic heterocycles. The van der Waals surface area contributed by atoms with Gasteiger partial charge in [0.1, 0.15) is 6.33 Å². The number of nitrogens with one attached hydrogen (secondary N) is 1. The van der Waals surface area contributed by atoms with E-state index < -0.39 is 11.8 Å². The van der Waals surface area contributed by atoms with Crippen molar-refractivity contribution in [1.82, 2.24) is 19.7 Å². The van der Waals surface area contributed by atoms with Crippen molar-refractivity contribution in [2.75, 3.05) is 11.9 Å². The van der Waals surface area contributed by atoms with E-state index in [0.29, 0.717) is 23.8 Å². The summed E-state index contributed by atoms with van der Waals surface area (Å²) in [6.45, 7) is 0.747. The number of hydrogen-bond acceptors (Lipinski definition) is 4. The lowest BCUT2D eigenvalue weighted by molar-refractivity contribution is -0.144. The minimum Gasteiger partial charge on any atom is -0.331 e. The Labute approximate surface area is 110 Å². The smallest absolute Gasteiger partial charge is 0.316 e. The number of anilines is 1. The van der Waals surface area contributed by atoms with Gasteiger partial charge in [0.25, 0.3) is 0 Å². The number of nitrogens with zero attached hydrogens (tertiary/aromatic N) is 4. The fourth-order valence-corrected chi connectivity index (χ4v) is 3.76. The third-order valence-corrected chi connectivity index (χ3v) is 4.76. The van der Waals surface area contributed by atoms with Gasteiger partial charge in [-0.15, -0.1) is 0 Å². The van der Waals surface area contributed by atoms with Gasteiger partial charge in [0, 0.05) is 19.6 Å². The molecule has 2 saturated carbocycles. The van der Waals surface area contributed by atoms with Crippen LogP contribution in [0.5, 0.6) is 0 Å². The Hall–Kier alpha value is -1.92. The first-order valence-electron chi connectivity index (χ1n) is 6.61. The molecular formula is C12H15N5O2. The van der Waals surface area contributed by atoms with Gasteiger partial charge in [0.2, 0.25) is 5.95 Å². The minimum atomic E-state index is -0.610. The molecule has 19 heavy (non-hydrogen) atoms. The van der Waals surface area contributed by atoms with Crippen molar-refractivity contribution < 1.29 is 9.59 Å². The van der Waals surface area contributed by atoms with Gasteiger partial charge >= 0.3 is 11.8 Å². The molecular weight excluding hydrogens is 246 g/mol. The lowest BCUT2D eigenvalue weighted by Gasteiger charge is -2.26. The van der Waals surface area contributed by atoms with Gasteiger partial charge in [-0.25, -0.2) is 4.68 Å². The highest BCUT2D eigenvalue weighted by Crippen LogP contribution is 2.61. The first kappa shape index (κ1) is 11.0. The SMILES string of the molecule is Cn1ncnc1NC(=O)C(=O)N1C[C@@H]2C[C@H]1[C@H]1C[C@@H]21. The Morgan fingerprint density at radius 1 is 1.37 bits per heavy atom. The quantitative estimate of drug-likeness (QED) is 0.699. The Kier molecular flexibility index (Phi) is 2.05. The second-order valence-corrected chi connectivity index (χ2v) is 5.75. The van der Waals surface area contributed by atoms with Gasteiger partial charge in [-0.3, -0.25) is 14.9 Å². The van der Waals surface area contributed by atoms with Crippen LogP contribution in [0.15, 0.2) is 6.33 Å². The molecule has 1 aromatic rings. The maximum absolute atomic E-state index is 12.2. The second-order valence-electron chi connectivity index (χ2n) is 5.75. The maximum atomic E-state index is 12.2. The van der Waals surface area contributed by atoms with Crippen LogP contribution in [0.3, 0.4) is 0 Å². The topological polar surface area (TPSA) is 80.1 Å². The molecule has 0 unspecified atom stereocenters. The number of piperidine rings is 1. The average molecular weight is 261 g/mol. The third-order valence-electron chi connectivity index (χ3n) is 4.76. The Balaban J connectivity index is 1.46. The van der Waals surface area contributed by atoms with Crippen molar-refractivity contribution in [3.63, 3.8) is 0 Å². The van der Waals surface area contributed by atoms with E-state index in [1.54, 1.807) is 11.9 Å². The van der Waals surface area contributed by atoms with E-state index in [2.05, 4.69) is 15.4 Å². The van der Waals surface area contributed by atoms with Crippen LogP contribution in [-0.2, 0) is 16.6 Å². The molecule has 0 radical (unpaired) electrons. The van der Waals surface area contributed by atoms with Crippen molar-refractivity contribution in [2.45, 2.75) is 18.9 Å². The zero-order valence-electron chi connectivity index (χ0n) is 10.6. The molecule has 1 N–H and O–H groups in total. The van der Waals surface area contributed by atoms with Crippen LogP contribution in [-0.4, -0.2) is 44.1 Å². The number of aromatic nitrogens is 3. The van der Waals surface area contributed by atoms with Crippen molar-refractivity contribution >= 4 is 17.8 Å². The van der Waals surface area contributed by atoms with Crippen LogP contribution in [0.1, 0.15) is 12.8 Å². The summed E-state index contributed by atoms with van der Waals surface area (Å²) in [7, 11) is 1.67. The van der Waals surface area contributed by atoms with E-state index in [-0.39, 0.29) is 0 Å². The predicted molar refractivity (Wildman–Crippen MR) is 64.8 cm³/mol. The summed E-state index contributed by atoms with van der Waals surface area (Å²) in [5.74, 6) is 1.37. The molecule has 100 valence electrons. The third kappa shape index (κ3) is 1.50. The second kappa shape index (κ2) is 3.55. The molecule has 3 fully saturated rings. The fraction of sp³-hybridized carbons (Fsp3) is 0.667. The summed E-state index contributed by atoms with van der Waals surface area (Å²) in [6, 6.07) is 0.299.